The van der Waals surface area contributed by atoms with E-state index in [1.807, 2.05) is 57.8 Å². The predicted octanol–water partition coefficient (Wildman–Crippen LogP) is 2.27. The van der Waals surface area contributed by atoms with Crippen molar-refractivity contribution < 1.29 is 9.53 Å². The van der Waals surface area contributed by atoms with Crippen LogP contribution in [0.2, 0.25) is 0 Å². The van der Waals surface area contributed by atoms with Crippen molar-refractivity contribution in [2.75, 3.05) is 26.3 Å². The van der Waals surface area contributed by atoms with Crippen molar-refractivity contribution >= 4 is 34.3 Å². The number of aromatic nitrogens is 4. The molecule has 1 unspecified atom stereocenters. The number of hydrogen-bond donors (Lipinski definition) is 0. The van der Waals surface area contributed by atoms with Crippen molar-refractivity contribution in [3.8, 4) is 0 Å². The molecule has 0 aliphatic carbocycles. The fourth-order valence-corrected chi connectivity index (χ4v) is 4.96. The number of carbonyl (C=O) groups is 1. The number of para-hydroxylation sites is 1. The van der Waals surface area contributed by atoms with Gasteiger partial charge in [0.1, 0.15) is 5.25 Å². The van der Waals surface area contributed by atoms with E-state index in [0.29, 0.717) is 42.6 Å². The van der Waals surface area contributed by atoms with E-state index in [4.69, 9.17) is 4.74 Å². The van der Waals surface area contributed by atoms with Crippen LogP contribution in [0, 0.1) is 0 Å². The monoisotopic (exact) mass is 435 g/mol. The van der Waals surface area contributed by atoms with Gasteiger partial charge in [0.2, 0.25) is 11.7 Å². The summed E-state index contributed by atoms with van der Waals surface area (Å²) < 4.78 is 8.75. The van der Waals surface area contributed by atoms with Crippen LogP contribution in [0.5, 0.6) is 0 Å². The third-order valence-electron chi connectivity index (χ3n) is 5.47. The van der Waals surface area contributed by atoms with E-state index in [1.54, 1.807) is 13.1 Å². The Morgan fingerprint density at radius 3 is 2.52 bits per heavy atom. The molecule has 3 heterocycles. The molecule has 0 spiro atoms. The van der Waals surface area contributed by atoms with Crippen molar-refractivity contribution in [3.05, 3.63) is 70.5 Å². The molecule has 5 rings (SSSR count). The number of amides is 1. The van der Waals surface area contributed by atoms with Gasteiger partial charge in [0, 0.05) is 20.1 Å². The quantitative estimate of drug-likeness (QED) is 0.458. The van der Waals surface area contributed by atoms with Crippen LogP contribution in [0.15, 0.2) is 64.5 Å². The first-order valence-electron chi connectivity index (χ1n) is 10.1. The summed E-state index contributed by atoms with van der Waals surface area (Å²) in [5.41, 5.74) is 1.49. The zero-order valence-electron chi connectivity index (χ0n) is 17.0. The molecule has 8 nitrogen and oxygen atoms in total. The average Bonchev–Trinajstić information content (AvgIpc) is 3.26. The van der Waals surface area contributed by atoms with E-state index >= 15 is 0 Å². The lowest BCUT2D eigenvalue weighted by molar-refractivity contribution is -0.134. The highest BCUT2D eigenvalue weighted by Gasteiger charge is 2.30. The summed E-state index contributed by atoms with van der Waals surface area (Å²) in [6.45, 7) is 2.22. The smallest absolute Gasteiger partial charge is 0.262 e. The minimum absolute atomic E-state index is 0.0189. The summed E-state index contributed by atoms with van der Waals surface area (Å²) in [6, 6.07) is 17.1. The Hall–Kier alpha value is -3.17. The first-order chi connectivity index (χ1) is 15.1. The molecule has 0 N–H and O–H groups in total. The van der Waals surface area contributed by atoms with Gasteiger partial charge in [-0.2, -0.15) is 0 Å². The number of ether oxygens (including phenoxy) is 1. The van der Waals surface area contributed by atoms with Crippen LogP contribution in [0.3, 0.4) is 0 Å². The third kappa shape index (κ3) is 3.49. The van der Waals surface area contributed by atoms with E-state index < -0.39 is 5.25 Å². The molecule has 4 aromatic rings. The maximum atomic E-state index is 13.5. The van der Waals surface area contributed by atoms with Gasteiger partial charge >= 0.3 is 0 Å². The summed E-state index contributed by atoms with van der Waals surface area (Å²) in [5.74, 6) is 0.460. The number of benzene rings is 2. The minimum Gasteiger partial charge on any atom is -0.378 e. The van der Waals surface area contributed by atoms with Crippen LogP contribution in [0.1, 0.15) is 10.8 Å². The van der Waals surface area contributed by atoms with Crippen LogP contribution in [-0.2, 0) is 16.6 Å². The third-order valence-corrected chi connectivity index (χ3v) is 6.65. The topological polar surface area (TPSA) is 81.7 Å². The number of thioether (sulfide) groups is 1. The van der Waals surface area contributed by atoms with Crippen molar-refractivity contribution in [2.24, 2.45) is 7.05 Å². The van der Waals surface area contributed by atoms with Crippen LogP contribution in [-0.4, -0.2) is 56.3 Å². The Morgan fingerprint density at radius 1 is 1.03 bits per heavy atom. The van der Waals surface area contributed by atoms with Crippen molar-refractivity contribution in [1.29, 1.82) is 0 Å². The summed E-state index contributed by atoms with van der Waals surface area (Å²) >= 11 is 1.35. The second-order valence-electron chi connectivity index (χ2n) is 7.35. The van der Waals surface area contributed by atoms with E-state index in [1.165, 1.54) is 16.3 Å². The van der Waals surface area contributed by atoms with Gasteiger partial charge in [-0.1, -0.05) is 54.2 Å². The number of hydrogen-bond acceptors (Lipinski definition) is 6. The molecule has 1 saturated heterocycles. The summed E-state index contributed by atoms with van der Waals surface area (Å²) in [6.07, 6.45) is 0. The van der Waals surface area contributed by atoms with E-state index in [0.717, 1.165) is 11.1 Å². The van der Waals surface area contributed by atoms with Crippen molar-refractivity contribution in [3.63, 3.8) is 0 Å². The molecule has 1 amide bonds. The standard InChI is InChI=1S/C22H21N5O3S/c1-25-19(28)16-9-5-6-10-17(16)27-21(25)23-24-22(27)31-18(15-7-3-2-4-8-15)20(29)26-11-13-30-14-12-26/h2-10,18H,11-14H2,1H3. The Kier molecular flexibility index (Phi) is 5.21. The SMILES string of the molecule is Cn1c(=O)c2ccccc2n2c(SC(C(=O)N3CCOCC3)c3ccccc3)nnc12. The molecule has 31 heavy (non-hydrogen) atoms. The molecule has 2 aromatic carbocycles. The first kappa shape index (κ1) is 19.8. The highest BCUT2D eigenvalue weighted by Crippen LogP contribution is 2.36. The molecule has 0 bridgehead atoms. The summed E-state index contributed by atoms with van der Waals surface area (Å²) in [7, 11) is 1.68. The van der Waals surface area contributed by atoms with Gasteiger partial charge < -0.3 is 9.64 Å². The number of morpholine rings is 1. The van der Waals surface area contributed by atoms with Crippen molar-refractivity contribution in [2.45, 2.75) is 10.4 Å². The zero-order valence-corrected chi connectivity index (χ0v) is 17.8. The van der Waals surface area contributed by atoms with Crippen LogP contribution in [0.4, 0.5) is 0 Å². The normalized spacial score (nSPS) is 15.5. The number of rotatable bonds is 4. The van der Waals surface area contributed by atoms with Gasteiger partial charge in [0.05, 0.1) is 24.1 Å². The van der Waals surface area contributed by atoms with E-state index in [2.05, 4.69) is 10.2 Å². The van der Waals surface area contributed by atoms with Gasteiger partial charge in [0.25, 0.3) is 5.56 Å². The Balaban J connectivity index is 1.63. The average molecular weight is 436 g/mol. The Morgan fingerprint density at radius 2 is 1.74 bits per heavy atom. The fourth-order valence-electron chi connectivity index (χ4n) is 3.83. The molecule has 1 aliphatic heterocycles. The highest BCUT2D eigenvalue weighted by atomic mass is 32.2. The van der Waals surface area contributed by atoms with Gasteiger partial charge in [-0.3, -0.25) is 18.6 Å². The lowest BCUT2D eigenvalue weighted by Crippen LogP contribution is -2.42. The highest BCUT2D eigenvalue weighted by molar-refractivity contribution is 8.00. The van der Waals surface area contributed by atoms with Gasteiger partial charge in [-0.05, 0) is 17.7 Å². The van der Waals surface area contributed by atoms with Gasteiger partial charge in [-0.15, -0.1) is 10.2 Å². The fraction of sp³-hybridized carbons (Fsp3) is 0.273. The van der Waals surface area contributed by atoms with Crippen molar-refractivity contribution in [1.82, 2.24) is 24.1 Å². The predicted molar refractivity (Wildman–Crippen MR) is 118 cm³/mol. The number of nitrogens with zero attached hydrogens (tertiary/aromatic N) is 5. The maximum absolute atomic E-state index is 13.5. The molecular weight excluding hydrogens is 414 g/mol. The Labute approximate surface area is 182 Å². The molecule has 158 valence electrons. The molecule has 0 saturated carbocycles. The molecule has 1 aliphatic rings. The second kappa shape index (κ2) is 8.16. The van der Waals surface area contributed by atoms with Crippen LogP contribution < -0.4 is 5.56 Å². The van der Waals surface area contributed by atoms with Gasteiger partial charge in [0.15, 0.2) is 5.16 Å². The largest absolute Gasteiger partial charge is 0.378 e. The molecule has 0 radical (unpaired) electrons. The zero-order chi connectivity index (χ0) is 21.4. The maximum Gasteiger partial charge on any atom is 0.262 e. The molecular formula is C22H21N5O3S. The van der Waals surface area contributed by atoms with E-state index in [9.17, 15) is 9.59 Å². The first-order valence-corrected chi connectivity index (χ1v) is 10.9. The van der Waals surface area contributed by atoms with Crippen LogP contribution in [0.25, 0.3) is 16.7 Å². The lowest BCUT2D eigenvalue weighted by Gasteiger charge is -2.30. The summed E-state index contributed by atoms with van der Waals surface area (Å²) in [5, 5.41) is 9.28. The van der Waals surface area contributed by atoms with E-state index in [-0.39, 0.29) is 11.5 Å². The number of aryl methyl sites for hydroxylation is 1. The number of carbonyl (C=O) groups excluding carboxylic acids is 1. The van der Waals surface area contributed by atoms with Crippen LogP contribution >= 0.6 is 11.8 Å². The second-order valence-corrected chi connectivity index (χ2v) is 8.42. The summed E-state index contributed by atoms with van der Waals surface area (Å²) in [4.78, 5) is 28.0. The lowest BCUT2D eigenvalue weighted by atomic mass is 10.1. The number of fused-ring (bicyclic) bond motifs is 3. The Bertz CT molecular complexity index is 1310. The molecule has 1 atom stereocenters. The molecule has 2 aromatic heterocycles. The molecule has 1 fully saturated rings. The van der Waals surface area contributed by atoms with Gasteiger partial charge in [-0.25, -0.2) is 0 Å². The minimum atomic E-state index is -0.484. The molecule has 9 heteroatoms.